The van der Waals surface area contributed by atoms with E-state index in [1.54, 1.807) is 50.7 Å². The minimum Gasteiger partial charge on any atom is -0.493 e. The summed E-state index contributed by atoms with van der Waals surface area (Å²) in [6, 6.07) is 13.5. The van der Waals surface area contributed by atoms with E-state index in [1.807, 2.05) is 30.3 Å². The van der Waals surface area contributed by atoms with E-state index in [1.165, 1.54) is 11.8 Å². The van der Waals surface area contributed by atoms with Gasteiger partial charge in [-0.3, -0.25) is 9.69 Å². The van der Waals surface area contributed by atoms with Gasteiger partial charge >= 0.3 is 0 Å². The van der Waals surface area contributed by atoms with Gasteiger partial charge in [0.05, 0.1) is 32.8 Å². The summed E-state index contributed by atoms with van der Waals surface area (Å²) in [5.41, 5.74) is 1.83. The number of amides is 1. The molecule has 0 radical (unpaired) electrons. The monoisotopic (exact) mass is 439 g/mol. The molecule has 1 aliphatic rings. The van der Waals surface area contributed by atoms with Crippen LogP contribution >= 0.6 is 11.8 Å². The number of hydrogen-bond donors (Lipinski definition) is 0. The lowest BCUT2D eigenvalue weighted by Gasteiger charge is -2.13. The van der Waals surface area contributed by atoms with Gasteiger partial charge in [0.15, 0.2) is 16.7 Å². The molecule has 31 heavy (non-hydrogen) atoms. The summed E-state index contributed by atoms with van der Waals surface area (Å²) in [7, 11) is 4.66. The first-order valence-corrected chi connectivity index (χ1v) is 10.5. The Kier molecular flexibility index (Phi) is 7.72. The molecule has 1 fully saturated rings. The van der Waals surface area contributed by atoms with Crippen LogP contribution in [0, 0.1) is 0 Å². The van der Waals surface area contributed by atoms with E-state index < -0.39 is 0 Å². The SMILES string of the molecule is C=CCN1C(=O)C(Cc2ccccc2)SC1=NN=Cc1cc(OC)c(OC)c(OC)c1. The highest BCUT2D eigenvalue weighted by Crippen LogP contribution is 2.37. The Labute approximate surface area is 186 Å². The Morgan fingerprint density at radius 3 is 2.35 bits per heavy atom. The number of thioether (sulfide) groups is 1. The molecule has 0 aliphatic carbocycles. The van der Waals surface area contributed by atoms with E-state index in [-0.39, 0.29) is 11.2 Å². The minimum atomic E-state index is -0.238. The molecule has 0 spiro atoms. The van der Waals surface area contributed by atoms with Crippen LogP contribution in [0.25, 0.3) is 0 Å². The molecule has 3 rings (SSSR count). The molecule has 162 valence electrons. The van der Waals surface area contributed by atoms with Crippen molar-refractivity contribution in [2.24, 2.45) is 10.2 Å². The number of carbonyl (C=O) groups excluding carboxylic acids is 1. The summed E-state index contributed by atoms with van der Waals surface area (Å²) < 4.78 is 16.1. The maximum Gasteiger partial charge on any atom is 0.242 e. The summed E-state index contributed by atoms with van der Waals surface area (Å²) in [5.74, 6) is 1.57. The molecule has 2 aromatic carbocycles. The number of ether oxygens (including phenoxy) is 3. The molecule has 1 atom stereocenters. The van der Waals surface area contributed by atoms with Gasteiger partial charge in [0.2, 0.25) is 11.7 Å². The fourth-order valence-corrected chi connectivity index (χ4v) is 4.31. The predicted octanol–water partition coefficient (Wildman–Crippen LogP) is 3.78. The van der Waals surface area contributed by atoms with Crippen molar-refractivity contribution in [3.8, 4) is 17.2 Å². The van der Waals surface area contributed by atoms with E-state index in [4.69, 9.17) is 14.2 Å². The van der Waals surface area contributed by atoms with Crippen LogP contribution in [-0.4, -0.2) is 55.3 Å². The van der Waals surface area contributed by atoms with Crippen molar-refractivity contribution in [3.63, 3.8) is 0 Å². The van der Waals surface area contributed by atoms with Crippen molar-refractivity contribution in [3.05, 3.63) is 66.2 Å². The van der Waals surface area contributed by atoms with Gasteiger partial charge in [0.1, 0.15) is 0 Å². The van der Waals surface area contributed by atoms with E-state index in [2.05, 4.69) is 16.8 Å². The predicted molar refractivity (Wildman–Crippen MR) is 125 cm³/mol. The third-order valence-electron chi connectivity index (χ3n) is 4.63. The highest BCUT2D eigenvalue weighted by molar-refractivity contribution is 8.15. The van der Waals surface area contributed by atoms with Crippen LogP contribution in [0.1, 0.15) is 11.1 Å². The van der Waals surface area contributed by atoms with Gasteiger partial charge in [0, 0.05) is 12.1 Å². The van der Waals surface area contributed by atoms with Crippen molar-refractivity contribution in [1.82, 2.24) is 4.90 Å². The molecule has 8 heteroatoms. The molecular formula is C23H25N3O4S. The Hall–Kier alpha value is -3.26. The van der Waals surface area contributed by atoms with E-state index in [9.17, 15) is 4.79 Å². The van der Waals surface area contributed by atoms with Gasteiger partial charge in [-0.1, -0.05) is 48.2 Å². The maximum absolute atomic E-state index is 12.9. The number of rotatable bonds is 9. The second kappa shape index (κ2) is 10.7. The molecule has 1 aliphatic heterocycles. The number of amidine groups is 1. The summed E-state index contributed by atoms with van der Waals surface area (Å²) in [5, 5.41) is 8.82. The summed E-state index contributed by atoms with van der Waals surface area (Å²) in [4.78, 5) is 14.5. The smallest absolute Gasteiger partial charge is 0.242 e. The Morgan fingerprint density at radius 2 is 1.77 bits per heavy atom. The van der Waals surface area contributed by atoms with Crippen LogP contribution in [0.5, 0.6) is 17.2 Å². The van der Waals surface area contributed by atoms with Gasteiger partial charge in [-0.15, -0.1) is 11.7 Å². The van der Waals surface area contributed by atoms with Crippen molar-refractivity contribution in [1.29, 1.82) is 0 Å². The van der Waals surface area contributed by atoms with Crippen molar-refractivity contribution in [2.75, 3.05) is 27.9 Å². The molecule has 1 saturated heterocycles. The molecular weight excluding hydrogens is 414 g/mol. The van der Waals surface area contributed by atoms with E-state index in [0.717, 1.165) is 11.1 Å². The number of carbonyl (C=O) groups is 1. The third-order valence-corrected chi connectivity index (χ3v) is 5.80. The molecule has 0 N–H and O–H groups in total. The van der Waals surface area contributed by atoms with Crippen molar-refractivity contribution in [2.45, 2.75) is 11.7 Å². The van der Waals surface area contributed by atoms with Gasteiger partial charge in [-0.25, -0.2) is 0 Å². The Balaban J connectivity index is 1.81. The maximum atomic E-state index is 12.9. The molecule has 0 bridgehead atoms. The highest BCUT2D eigenvalue weighted by Gasteiger charge is 2.37. The van der Waals surface area contributed by atoms with E-state index >= 15 is 0 Å². The second-order valence-corrected chi connectivity index (χ2v) is 7.79. The lowest BCUT2D eigenvalue weighted by molar-refractivity contribution is -0.125. The molecule has 2 aromatic rings. The van der Waals surface area contributed by atoms with E-state index in [0.29, 0.717) is 35.4 Å². The van der Waals surface area contributed by atoms with Gasteiger partial charge in [-0.2, -0.15) is 5.10 Å². The Bertz CT molecular complexity index is 967. The summed E-state index contributed by atoms with van der Waals surface area (Å²) in [6.07, 6.45) is 3.90. The Morgan fingerprint density at radius 1 is 1.10 bits per heavy atom. The minimum absolute atomic E-state index is 0.00971. The number of methoxy groups -OCH3 is 3. The first-order chi connectivity index (χ1) is 15.1. The molecule has 1 unspecified atom stereocenters. The van der Waals surface area contributed by atoms with Gasteiger partial charge in [0.25, 0.3) is 0 Å². The first kappa shape index (κ1) is 22.4. The lowest BCUT2D eigenvalue weighted by Crippen LogP contribution is -2.32. The first-order valence-electron chi connectivity index (χ1n) is 9.65. The molecule has 1 amide bonds. The number of benzene rings is 2. The summed E-state index contributed by atoms with van der Waals surface area (Å²) in [6.45, 7) is 4.13. The van der Waals surface area contributed by atoms with Crippen LogP contribution in [0.15, 0.2) is 65.3 Å². The fraction of sp³-hybridized carbons (Fsp3) is 0.261. The highest BCUT2D eigenvalue weighted by atomic mass is 32.2. The van der Waals surface area contributed by atoms with Crippen LogP contribution in [-0.2, 0) is 11.2 Å². The molecule has 1 heterocycles. The topological polar surface area (TPSA) is 72.7 Å². The van der Waals surface area contributed by atoms with Crippen molar-refractivity contribution >= 4 is 29.1 Å². The fourth-order valence-electron chi connectivity index (χ4n) is 3.16. The standard InChI is InChI=1S/C23H25N3O4S/c1-5-11-26-22(27)20(14-16-9-7-6-8-10-16)31-23(26)25-24-15-17-12-18(28-2)21(30-4)19(13-17)29-3/h5-10,12-13,15,20H,1,11,14H2,2-4H3. The van der Waals surface area contributed by atoms with Crippen LogP contribution < -0.4 is 14.2 Å². The largest absolute Gasteiger partial charge is 0.493 e. The average molecular weight is 440 g/mol. The molecule has 7 nitrogen and oxygen atoms in total. The zero-order chi connectivity index (χ0) is 22.2. The third kappa shape index (κ3) is 5.27. The average Bonchev–Trinajstić information content (AvgIpc) is 3.08. The van der Waals surface area contributed by atoms with Crippen LogP contribution in [0.3, 0.4) is 0 Å². The van der Waals surface area contributed by atoms with Gasteiger partial charge in [-0.05, 0) is 24.1 Å². The van der Waals surface area contributed by atoms with Gasteiger partial charge < -0.3 is 14.2 Å². The lowest BCUT2D eigenvalue weighted by atomic mass is 10.1. The zero-order valence-corrected chi connectivity index (χ0v) is 18.6. The molecule has 0 aromatic heterocycles. The number of hydrogen-bond acceptors (Lipinski definition) is 7. The quantitative estimate of drug-likeness (QED) is 0.338. The van der Waals surface area contributed by atoms with Crippen molar-refractivity contribution < 1.29 is 19.0 Å². The zero-order valence-electron chi connectivity index (χ0n) is 17.8. The second-order valence-electron chi connectivity index (χ2n) is 6.62. The normalized spacial score (nSPS) is 17.4. The van der Waals surface area contributed by atoms with Crippen LogP contribution in [0.2, 0.25) is 0 Å². The summed E-state index contributed by atoms with van der Waals surface area (Å²) >= 11 is 1.41. The number of nitrogens with zero attached hydrogens (tertiary/aromatic N) is 3. The molecule has 0 saturated carbocycles. The van der Waals surface area contributed by atoms with Crippen LogP contribution in [0.4, 0.5) is 0 Å².